The van der Waals surface area contributed by atoms with E-state index in [0.29, 0.717) is 30.7 Å². The number of Topliss-reactive ketones (excluding diaryl/α,β-unsaturated/α-hetero) is 1. The number of carbonyl (C=O) groups is 2. The van der Waals surface area contributed by atoms with Gasteiger partial charge in [-0.15, -0.1) is 0 Å². The van der Waals surface area contributed by atoms with Gasteiger partial charge in [-0.25, -0.2) is 0 Å². The molecule has 6 heteroatoms. The summed E-state index contributed by atoms with van der Waals surface area (Å²) in [6, 6.07) is -0.386. The van der Waals surface area contributed by atoms with Crippen LogP contribution in [-0.2, 0) is 9.45 Å². The largest absolute Gasteiger partial charge is 0.427 e. The normalized spacial score (nSPS) is 31.3. The molecule has 0 heterocycles. The molecule has 1 radical (unpaired) electrons. The topological polar surface area (TPSA) is 81.4 Å². The summed E-state index contributed by atoms with van der Waals surface area (Å²) in [5.74, 6) is 1.81. The van der Waals surface area contributed by atoms with Crippen molar-refractivity contribution in [1.82, 2.24) is 5.32 Å². The summed E-state index contributed by atoms with van der Waals surface area (Å²) in [6.07, 6.45) is 24.0. The average Bonchev–Trinajstić information content (AvgIpc) is 2.96. The van der Waals surface area contributed by atoms with Crippen molar-refractivity contribution in [2.24, 2.45) is 28.9 Å². The van der Waals surface area contributed by atoms with Crippen LogP contribution in [0.1, 0.15) is 142 Å². The minimum atomic E-state index is -0.386. The first-order valence-electron chi connectivity index (χ1n) is 16.0. The number of carbonyl (C=O) groups excluding carboxylic acids is 2. The zero-order valence-electron chi connectivity index (χ0n) is 24.1. The predicted molar refractivity (Wildman–Crippen MR) is 154 cm³/mol. The van der Waals surface area contributed by atoms with Crippen molar-refractivity contribution in [1.29, 1.82) is 0 Å². The molecule has 1 amide bonds. The fourth-order valence-corrected chi connectivity index (χ4v) is 7.62. The molecule has 0 aromatic rings. The molecule has 3 N–H and O–H groups in total. The lowest BCUT2D eigenvalue weighted by molar-refractivity contribution is -0.162. The first-order chi connectivity index (χ1) is 17.9. The van der Waals surface area contributed by atoms with Crippen LogP contribution in [0.2, 0.25) is 0 Å². The molecule has 5 unspecified atom stereocenters. The second-order valence-corrected chi connectivity index (χ2v) is 12.7. The van der Waals surface area contributed by atoms with Crippen LogP contribution in [0, 0.1) is 23.2 Å². The molecule has 0 bridgehead atoms. The lowest BCUT2D eigenvalue weighted by Gasteiger charge is -2.59. The molecule has 0 aromatic heterocycles. The highest BCUT2D eigenvalue weighted by Crippen LogP contribution is 2.60. The van der Waals surface area contributed by atoms with E-state index in [1.807, 2.05) is 0 Å². The molecule has 0 aromatic carbocycles. The molecular weight excluding hydrogens is 459 g/mol. The third-order valence-corrected chi connectivity index (χ3v) is 10.2. The Bertz CT molecular complexity index is 677. The Morgan fingerprint density at radius 2 is 1.41 bits per heavy atom. The van der Waals surface area contributed by atoms with Crippen LogP contribution >= 0.6 is 0 Å². The summed E-state index contributed by atoms with van der Waals surface area (Å²) in [5.41, 5.74) is 6.21. The highest BCUT2D eigenvalue weighted by atomic mass is 16.4. The van der Waals surface area contributed by atoms with E-state index in [9.17, 15) is 9.59 Å². The number of hydrogen-bond acceptors (Lipinski definition) is 4. The number of fused-ring (bicyclic) bond motifs is 1. The molecule has 3 fully saturated rings. The summed E-state index contributed by atoms with van der Waals surface area (Å²) in [5, 5.41) is 2.96. The van der Waals surface area contributed by atoms with Crippen molar-refractivity contribution in [3.63, 3.8) is 0 Å². The number of nitrogens with two attached hydrogens (primary N) is 1. The molecule has 3 aliphatic carbocycles. The molecular formula is C31H56BN2O3. The van der Waals surface area contributed by atoms with Crippen molar-refractivity contribution in [3.05, 3.63) is 0 Å². The first kappa shape index (κ1) is 30.7. The second-order valence-electron chi connectivity index (χ2n) is 12.7. The SMILES string of the molecule is CC1C2CCCCCCCC2C1(C)C(=O)C(N)CCCCNC(=O)[B]OC1CCCCCCCCCC1. The lowest BCUT2D eigenvalue weighted by atomic mass is 9.44. The molecule has 211 valence electrons. The van der Waals surface area contributed by atoms with Crippen molar-refractivity contribution in [2.45, 2.75) is 154 Å². The Hall–Kier alpha value is -0.875. The standard InChI is InChI=1S/C31H56BN2O3/c1-24-26-20-14-10-7-11-15-21-27(26)31(24,2)29(35)28(33)22-16-17-23-34-30(36)32-37-25-18-12-8-5-3-4-6-9-13-19-25/h24-28H,3-23,33H2,1-2H3,(H,34,36). The lowest BCUT2D eigenvalue weighted by Crippen LogP contribution is -2.61. The smallest absolute Gasteiger partial charge is 0.407 e. The van der Waals surface area contributed by atoms with Crippen LogP contribution in [0.5, 0.6) is 0 Å². The average molecular weight is 516 g/mol. The van der Waals surface area contributed by atoms with Crippen LogP contribution < -0.4 is 11.1 Å². The zero-order valence-corrected chi connectivity index (χ0v) is 24.1. The van der Waals surface area contributed by atoms with Gasteiger partial charge in [0.05, 0.1) is 6.04 Å². The number of unbranched alkanes of at least 4 members (excludes halogenated alkanes) is 1. The number of amides is 1. The maximum atomic E-state index is 13.5. The number of ketones is 1. The summed E-state index contributed by atoms with van der Waals surface area (Å²) in [7, 11) is 1.39. The van der Waals surface area contributed by atoms with Crippen LogP contribution in [-0.4, -0.2) is 37.8 Å². The molecule has 3 aliphatic rings. The predicted octanol–water partition coefficient (Wildman–Crippen LogP) is 7.31. The van der Waals surface area contributed by atoms with Crippen molar-refractivity contribution < 1.29 is 14.2 Å². The quantitative estimate of drug-likeness (QED) is 0.236. The fourth-order valence-electron chi connectivity index (χ4n) is 7.62. The first-order valence-corrected chi connectivity index (χ1v) is 16.0. The van der Waals surface area contributed by atoms with E-state index < -0.39 is 0 Å². The van der Waals surface area contributed by atoms with E-state index in [-0.39, 0.29) is 29.2 Å². The van der Waals surface area contributed by atoms with Gasteiger partial charge in [0.15, 0.2) is 5.78 Å². The summed E-state index contributed by atoms with van der Waals surface area (Å²) in [4.78, 5) is 25.8. The van der Waals surface area contributed by atoms with Crippen LogP contribution in [0.3, 0.4) is 0 Å². The van der Waals surface area contributed by atoms with Crippen molar-refractivity contribution in [2.75, 3.05) is 6.54 Å². The van der Waals surface area contributed by atoms with E-state index >= 15 is 0 Å². The van der Waals surface area contributed by atoms with Gasteiger partial charge >= 0.3 is 7.48 Å². The minimum Gasteiger partial charge on any atom is -0.427 e. The Labute approximate surface area is 228 Å². The van der Waals surface area contributed by atoms with Gasteiger partial charge in [0, 0.05) is 18.1 Å². The minimum absolute atomic E-state index is 0.142. The Morgan fingerprint density at radius 3 is 2.03 bits per heavy atom. The zero-order chi connectivity index (χ0) is 26.5. The second kappa shape index (κ2) is 16.3. The maximum absolute atomic E-state index is 13.5. The van der Waals surface area contributed by atoms with Gasteiger partial charge in [0.1, 0.15) is 0 Å². The Kier molecular flexibility index (Phi) is 13.5. The monoisotopic (exact) mass is 515 g/mol. The summed E-state index contributed by atoms with van der Waals surface area (Å²) < 4.78 is 5.88. The molecule has 5 nitrogen and oxygen atoms in total. The third kappa shape index (κ3) is 9.09. The van der Waals surface area contributed by atoms with E-state index in [2.05, 4.69) is 19.2 Å². The Morgan fingerprint density at radius 1 is 0.865 bits per heavy atom. The van der Waals surface area contributed by atoms with Gasteiger partial charge in [-0.1, -0.05) is 97.3 Å². The number of rotatable bonds is 10. The van der Waals surface area contributed by atoms with Crippen molar-refractivity contribution >= 4 is 19.1 Å². The van der Waals surface area contributed by atoms with Crippen molar-refractivity contribution in [3.8, 4) is 0 Å². The van der Waals surface area contributed by atoms with Crippen LogP contribution in [0.15, 0.2) is 0 Å². The number of nitrogens with one attached hydrogen (secondary N) is 1. The van der Waals surface area contributed by atoms with Gasteiger partial charge < -0.3 is 15.7 Å². The summed E-state index contributed by atoms with van der Waals surface area (Å²) >= 11 is 0. The van der Waals surface area contributed by atoms with Crippen LogP contribution in [0.4, 0.5) is 4.79 Å². The molecule has 0 saturated heterocycles. The summed E-state index contributed by atoms with van der Waals surface area (Å²) in [6.45, 7) is 5.09. The van der Waals surface area contributed by atoms with Gasteiger partial charge in [0.25, 0.3) is 0 Å². The molecule has 0 spiro atoms. The maximum Gasteiger partial charge on any atom is 0.407 e. The van der Waals surface area contributed by atoms with Gasteiger partial charge in [0.2, 0.25) is 5.81 Å². The van der Waals surface area contributed by atoms with E-state index in [4.69, 9.17) is 10.4 Å². The van der Waals surface area contributed by atoms with Gasteiger partial charge in [-0.3, -0.25) is 9.59 Å². The Balaban J connectivity index is 1.31. The van der Waals surface area contributed by atoms with Gasteiger partial charge in [-0.2, -0.15) is 0 Å². The highest BCUT2D eigenvalue weighted by molar-refractivity contribution is 6.68. The fraction of sp³-hybridized carbons (Fsp3) is 0.935. The molecule has 5 atom stereocenters. The van der Waals surface area contributed by atoms with Gasteiger partial charge in [-0.05, 0) is 62.7 Å². The van der Waals surface area contributed by atoms with E-state index in [1.165, 1.54) is 104 Å². The number of hydrogen-bond donors (Lipinski definition) is 2. The molecule has 0 aliphatic heterocycles. The molecule has 37 heavy (non-hydrogen) atoms. The molecule has 3 saturated carbocycles. The third-order valence-electron chi connectivity index (χ3n) is 10.2. The highest BCUT2D eigenvalue weighted by Gasteiger charge is 2.60. The molecule has 3 rings (SSSR count). The van der Waals surface area contributed by atoms with E-state index in [1.54, 1.807) is 0 Å². The van der Waals surface area contributed by atoms with E-state index in [0.717, 1.165) is 25.7 Å². The van der Waals surface area contributed by atoms with Crippen LogP contribution in [0.25, 0.3) is 0 Å².